The fraction of sp³-hybridized carbons (Fsp3) is 0.316. The zero-order valence-electron chi connectivity index (χ0n) is 16.0. The summed E-state index contributed by atoms with van der Waals surface area (Å²) in [6.07, 6.45) is -0.876. The maximum atomic E-state index is 12.5. The Morgan fingerprint density at radius 2 is 1.75 bits per heavy atom. The lowest BCUT2D eigenvalue weighted by molar-refractivity contribution is -0.122. The molecule has 0 aliphatic carbocycles. The molecule has 1 unspecified atom stereocenters. The summed E-state index contributed by atoms with van der Waals surface area (Å²) in [6, 6.07) is 10.7. The first-order valence-electron chi connectivity index (χ1n) is 8.56. The fourth-order valence-corrected chi connectivity index (χ4v) is 3.81. The van der Waals surface area contributed by atoms with Gasteiger partial charge in [-0.3, -0.25) is 4.79 Å². The monoisotopic (exact) mass is 426 g/mol. The molecule has 1 amide bonds. The van der Waals surface area contributed by atoms with E-state index in [4.69, 9.17) is 21.1 Å². The van der Waals surface area contributed by atoms with Crippen LogP contribution in [-0.2, 0) is 14.8 Å². The van der Waals surface area contributed by atoms with E-state index in [-0.39, 0.29) is 16.6 Å². The first kappa shape index (κ1) is 22.0. The number of methoxy groups -OCH3 is 1. The molecular weight excluding hydrogens is 404 g/mol. The second-order valence-corrected chi connectivity index (χ2v) is 8.44. The van der Waals surface area contributed by atoms with E-state index < -0.39 is 22.0 Å². The van der Waals surface area contributed by atoms with E-state index in [1.54, 1.807) is 45.0 Å². The highest BCUT2D eigenvalue weighted by Crippen LogP contribution is 2.29. The van der Waals surface area contributed by atoms with Gasteiger partial charge >= 0.3 is 0 Å². The molecule has 2 N–H and O–H groups in total. The van der Waals surface area contributed by atoms with Gasteiger partial charge in [-0.2, -0.15) is 0 Å². The lowest BCUT2D eigenvalue weighted by Gasteiger charge is -2.18. The summed E-state index contributed by atoms with van der Waals surface area (Å²) in [4.78, 5) is 12.5. The van der Waals surface area contributed by atoms with Crippen molar-refractivity contribution in [3.05, 3.63) is 47.5 Å². The van der Waals surface area contributed by atoms with Crippen molar-refractivity contribution in [2.75, 3.05) is 12.4 Å². The molecule has 0 radical (unpaired) electrons. The number of para-hydroxylation sites is 1. The number of hydrogen-bond donors (Lipinski definition) is 2. The Morgan fingerprint density at radius 3 is 2.36 bits per heavy atom. The Labute approximate surface area is 170 Å². The lowest BCUT2D eigenvalue weighted by atomic mass is 10.2. The highest BCUT2D eigenvalue weighted by molar-refractivity contribution is 7.89. The van der Waals surface area contributed by atoms with E-state index in [1.165, 1.54) is 25.3 Å². The van der Waals surface area contributed by atoms with Crippen LogP contribution in [0.3, 0.4) is 0 Å². The average molecular weight is 427 g/mol. The summed E-state index contributed by atoms with van der Waals surface area (Å²) in [5.74, 6) is 0.211. The first-order valence-corrected chi connectivity index (χ1v) is 10.4. The minimum atomic E-state index is -3.72. The number of amides is 1. The molecule has 2 aromatic carbocycles. The molecule has 2 rings (SSSR count). The van der Waals surface area contributed by atoms with E-state index in [2.05, 4.69) is 10.0 Å². The second kappa shape index (κ2) is 9.27. The number of rotatable bonds is 8. The van der Waals surface area contributed by atoms with E-state index in [9.17, 15) is 13.2 Å². The summed E-state index contributed by atoms with van der Waals surface area (Å²) >= 11 is 6.04. The number of halogens is 1. The number of nitrogens with one attached hydrogen (secondary N) is 2. The van der Waals surface area contributed by atoms with Crippen LogP contribution in [0.15, 0.2) is 47.4 Å². The third-order valence-corrected chi connectivity index (χ3v) is 5.61. The molecule has 7 nitrogen and oxygen atoms in total. The van der Waals surface area contributed by atoms with Crippen LogP contribution in [0, 0.1) is 0 Å². The lowest BCUT2D eigenvalue weighted by Crippen LogP contribution is -2.31. The van der Waals surface area contributed by atoms with Gasteiger partial charge in [0, 0.05) is 6.04 Å². The Morgan fingerprint density at radius 1 is 1.07 bits per heavy atom. The van der Waals surface area contributed by atoms with Gasteiger partial charge in [-0.25, -0.2) is 13.1 Å². The zero-order valence-corrected chi connectivity index (χ0v) is 17.6. The standard InChI is InChI=1S/C19H23ClN2O5S/c1-12(2)22-28(24,25)14-9-10-18(26-4)16(11-14)21-19(23)13(3)27-17-8-6-5-7-15(17)20/h5-13,22H,1-4H3,(H,21,23). The Hall–Kier alpha value is -2.29. The topological polar surface area (TPSA) is 93.7 Å². The third-order valence-electron chi connectivity index (χ3n) is 3.64. The smallest absolute Gasteiger partial charge is 0.265 e. The van der Waals surface area contributed by atoms with Crippen molar-refractivity contribution in [1.82, 2.24) is 4.72 Å². The predicted molar refractivity (Wildman–Crippen MR) is 109 cm³/mol. The molecule has 0 bridgehead atoms. The van der Waals surface area contributed by atoms with Crippen molar-refractivity contribution in [3.8, 4) is 11.5 Å². The largest absolute Gasteiger partial charge is 0.495 e. The van der Waals surface area contributed by atoms with Crippen molar-refractivity contribution in [3.63, 3.8) is 0 Å². The third kappa shape index (κ3) is 5.60. The molecule has 0 fully saturated rings. The second-order valence-electron chi connectivity index (χ2n) is 6.32. The number of carbonyl (C=O) groups is 1. The normalized spacial score (nSPS) is 12.5. The van der Waals surface area contributed by atoms with Crippen LogP contribution >= 0.6 is 11.6 Å². The quantitative estimate of drug-likeness (QED) is 0.674. The van der Waals surface area contributed by atoms with Crippen LogP contribution in [0.2, 0.25) is 5.02 Å². The molecule has 0 aliphatic rings. The number of benzene rings is 2. The van der Waals surface area contributed by atoms with Gasteiger partial charge in [-0.15, -0.1) is 0 Å². The minimum absolute atomic E-state index is 0.0111. The molecule has 0 heterocycles. The molecule has 0 spiro atoms. The van der Waals surface area contributed by atoms with Crippen molar-refractivity contribution in [1.29, 1.82) is 0 Å². The number of carbonyl (C=O) groups excluding carboxylic acids is 1. The van der Waals surface area contributed by atoms with Crippen LogP contribution in [0.4, 0.5) is 5.69 Å². The van der Waals surface area contributed by atoms with Crippen LogP contribution in [0.5, 0.6) is 11.5 Å². The maximum Gasteiger partial charge on any atom is 0.265 e. The highest BCUT2D eigenvalue weighted by atomic mass is 35.5. The zero-order chi connectivity index (χ0) is 20.9. The number of sulfonamides is 1. The van der Waals surface area contributed by atoms with Gasteiger partial charge < -0.3 is 14.8 Å². The van der Waals surface area contributed by atoms with E-state index in [0.29, 0.717) is 16.5 Å². The SMILES string of the molecule is COc1ccc(S(=O)(=O)NC(C)C)cc1NC(=O)C(C)Oc1ccccc1Cl. The fourth-order valence-electron chi connectivity index (χ4n) is 2.35. The minimum Gasteiger partial charge on any atom is -0.495 e. The van der Waals surface area contributed by atoms with E-state index in [1.807, 2.05) is 0 Å². The van der Waals surface area contributed by atoms with Gasteiger partial charge in [0.2, 0.25) is 10.0 Å². The molecule has 0 saturated heterocycles. The molecule has 1 atom stereocenters. The molecule has 9 heteroatoms. The van der Waals surface area contributed by atoms with Crippen molar-refractivity contribution >= 4 is 33.2 Å². The van der Waals surface area contributed by atoms with Crippen molar-refractivity contribution < 1.29 is 22.7 Å². The summed E-state index contributed by atoms with van der Waals surface area (Å²) in [5.41, 5.74) is 0.216. The van der Waals surface area contributed by atoms with Crippen molar-refractivity contribution in [2.24, 2.45) is 0 Å². The van der Waals surface area contributed by atoms with Crippen LogP contribution in [0.1, 0.15) is 20.8 Å². The van der Waals surface area contributed by atoms with Crippen LogP contribution < -0.4 is 19.5 Å². The van der Waals surface area contributed by atoms with E-state index >= 15 is 0 Å². The van der Waals surface area contributed by atoms with Gasteiger partial charge in [-0.05, 0) is 51.1 Å². The molecular formula is C19H23ClN2O5S. The molecule has 0 aromatic heterocycles. The first-order chi connectivity index (χ1) is 13.1. The summed E-state index contributed by atoms with van der Waals surface area (Å²) in [6.45, 7) is 5.00. The van der Waals surface area contributed by atoms with Gasteiger partial charge in [0.15, 0.2) is 6.10 Å². The predicted octanol–water partition coefficient (Wildman–Crippen LogP) is 3.44. The Balaban J connectivity index is 2.22. The van der Waals surface area contributed by atoms with E-state index in [0.717, 1.165) is 0 Å². The van der Waals surface area contributed by atoms with Gasteiger partial charge in [0.25, 0.3) is 5.91 Å². The molecule has 2 aromatic rings. The number of ether oxygens (including phenoxy) is 2. The number of anilines is 1. The van der Waals surface area contributed by atoms with Crippen molar-refractivity contribution in [2.45, 2.75) is 37.8 Å². The van der Waals surface area contributed by atoms with Gasteiger partial charge in [-0.1, -0.05) is 23.7 Å². The van der Waals surface area contributed by atoms with Gasteiger partial charge in [0.1, 0.15) is 11.5 Å². The van der Waals surface area contributed by atoms with Crippen LogP contribution in [-0.4, -0.2) is 33.6 Å². The van der Waals surface area contributed by atoms with Gasteiger partial charge in [0.05, 0.1) is 22.7 Å². The molecule has 0 aliphatic heterocycles. The summed E-state index contributed by atoms with van der Waals surface area (Å²) < 4.78 is 38.1. The highest BCUT2D eigenvalue weighted by Gasteiger charge is 2.21. The van der Waals surface area contributed by atoms with Crippen LogP contribution in [0.25, 0.3) is 0 Å². The molecule has 28 heavy (non-hydrogen) atoms. The average Bonchev–Trinajstić information content (AvgIpc) is 2.62. The Bertz CT molecular complexity index is 947. The summed E-state index contributed by atoms with van der Waals surface area (Å²) in [5, 5.41) is 3.02. The summed E-state index contributed by atoms with van der Waals surface area (Å²) in [7, 11) is -2.30. The molecule has 0 saturated carbocycles. The Kier molecular flexibility index (Phi) is 7.29. The molecule has 152 valence electrons. The number of hydrogen-bond acceptors (Lipinski definition) is 5. The maximum absolute atomic E-state index is 12.5.